The van der Waals surface area contributed by atoms with Crippen molar-refractivity contribution in [2.75, 3.05) is 4.90 Å². The molecule has 1 aliphatic carbocycles. The quantitative estimate of drug-likeness (QED) is 0.174. The van der Waals surface area contributed by atoms with Crippen molar-refractivity contribution in [3.8, 4) is 33.4 Å². The summed E-state index contributed by atoms with van der Waals surface area (Å²) in [6, 6.07) is 78.2. The fourth-order valence-corrected chi connectivity index (χ4v) is 10.5. The Bertz CT molecular complexity index is 2900. The minimum absolute atomic E-state index is 0.495. The SMILES string of the molecule is c1ccc(-c2ccc(N(c3ccccc3-c3ccccc3)c3cccc4c3Sc3ccccc3C43c4ccccc4-c4c3ccc3ccccc43)cc2)cc1. The second-order valence-electron chi connectivity index (χ2n) is 14.4. The fraction of sp³-hybridized carbons (Fsp3) is 0.0189. The van der Waals surface area contributed by atoms with Gasteiger partial charge in [0.05, 0.1) is 16.8 Å². The third-order valence-corrected chi connectivity index (χ3v) is 12.7. The van der Waals surface area contributed by atoms with E-state index < -0.39 is 5.41 Å². The lowest BCUT2D eigenvalue weighted by Gasteiger charge is -2.41. The summed E-state index contributed by atoms with van der Waals surface area (Å²) >= 11 is 1.90. The summed E-state index contributed by atoms with van der Waals surface area (Å²) < 4.78 is 0. The first kappa shape index (κ1) is 31.9. The van der Waals surface area contributed by atoms with Gasteiger partial charge in [-0.25, -0.2) is 0 Å². The first-order chi connectivity index (χ1) is 27.3. The maximum atomic E-state index is 2.49. The molecule has 0 saturated carbocycles. The molecule has 0 N–H and O–H groups in total. The van der Waals surface area contributed by atoms with Crippen molar-refractivity contribution in [3.05, 3.63) is 235 Å². The van der Waals surface area contributed by atoms with Gasteiger partial charge >= 0.3 is 0 Å². The number of hydrogen-bond acceptors (Lipinski definition) is 2. The molecule has 1 heterocycles. The highest BCUT2D eigenvalue weighted by molar-refractivity contribution is 7.99. The molecule has 258 valence electrons. The van der Waals surface area contributed by atoms with Crippen LogP contribution in [0.3, 0.4) is 0 Å². The summed E-state index contributed by atoms with van der Waals surface area (Å²) in [4.78, 5) is 5.05. The Morgan fingerprint density at radius 2 is 0.964 bits per heavy atom. The molecule has 2 aliphatic rings. The van der Waals surface area contributed by atoms with E-state index in [4.69, 9.17) is 0 Å². The molecule has 11 rings (SSSR count). The standard InChI is InChI=1S/C53H35NS/c1-3-16-36(17-4-1)37-30-33-40(34-31-37)54(48-27-13-10-21-41(48)38-18-5-2-6-19-38)49-28-15-26-47-52(49)55-50-29-14-12-25-45(50)53(47)44-24-11-9-23-43(44)51-42-22-8-7-20-39(42)32-35-46(51)53/h1-35H. The molecular weight excluding hydrogens is 683 g/mol. The van der Waals surface area contributed by atoms with Gasteiger partial charge in [0.2, 0.25) is 0 Å². The Morgan fingerprint density at radius 1 is 0.364 bits per heavy atom. The summed E-state index contributed by atoms with van der Waals surface area (Å²) in [6.07, 6.45) is 0. The van der Waals surface area contributed by atoms with E-state index in [9.17, 15) is 0 Å². The molecule has 9 aromatic carbocycles. The van der Waals surface area contributed by atoms with Gasteiger partial charge in [-0.15, -0.1) is 0 Å². The Morgan fingerprint density at radius 3 is 1.78 bits per heavy atom. The normalized spacial score (nSPS) is 14.9. The summed E-state index contributed by atoms with van der Waals surface area (Å²) in [5, 5.41) is 2.57. The summed E-state index contributed by atoms with van der Waals surface area (Å²) in [6.45, 7) is 0. The lowest BCUT2D eigenvalue weighted by atomic mass is 9.67. The zero-order valence-electron chi connectivity index (χ0n) is 30.1. The highest BCUT2D eigenvalue weighted by Crippen LogP contribution is 2.64. The van der Waals surface area contributed by atoms with Crippen molar-refractivity contribution < 1.29 is 0 Å². The molecular formula is C53H35NS. The van der Waals surface area contributed by atoms with Crippen LogP contribution in [0.25, 0.3) is 44.2 Å². The second kappa shape index (κ2) is 12.8. The number of fused-ring (bicyclic) bond motifs is 11. The van der Waals surface area contributed by atoms with Gasteiger partial charge in [-0.05, 0) is 91.2 Å². The molecule has 2 heteroatoms. The van der Waals surface area contributed by atoms with E-state index in [1.54, 1.807) is 0 Å². The number of anilines is 3. The number of hydrogen-bond donors (Lipinski definition) is 0. The average Bonchev–Trinajstić information content (AvgIpc) is 3.56. The van der Waals surface area contributed by atoms with Crippen LogP contribution >= 0.6 is 11.8 Å². The first-order valence-electron chi connectivity index (χ1n) is 18.9. The van der Waals surface area contributed by atoms with E-state index in [-0.39, 0.29) is 0 Å². The lowest BCUT2D eigenvalue weighted by Crippen LogP contribution is -2.32. The number of para-hydroxylation sites is 1. The largest absolute Gasteiger partial charge is 0.309 e. The van der Waals surface area contributed by atoms with Gasteiger partial charge in [-0.3, -0.25) is 0 Å². The summed E-state index contributed by atoms with van der Waals surface area (Å²) in [5.74, 6) is 0. The van der Waals surface area contributed by atoms with Gasteiger partial charge in [0.1, 0.15) is 0 Å². The third kappa shape index (κ3) is 4.82. The van der Waals surface area contributed by atoms with E-state index in [1.807, 2.05) is 11.8 Å². The van der Waals surface area contributed by atoms with Gasteiger partial charge in [-0.1, -0.05) is 194 Å². The van der Waals surface area contributed by atoms with Crippen molar-refractivity contribution in [1.82, 2.24) is 0 Å². The Labute approximate surface area is 326 Å². The van der Waals surface area contributed by atoms with E-state index in [1.165, 1.54) is 81.9 Å². The number of nitrogens with zero attached hydrogens (tertiary/aromatic N) is 1. The fourth-order valence-electron chi connectivity index (χ4n) is 9.22. The summed E-state index contributed by atoms with van der Waals surface area (Å²) in [5.41, 5.74) is 15.7. The van der Waals surface area contributed by atoms with E-state index in [2.05, 4.69) is 217 Å². The van der Waals surface area contributed by atoms with Crippen LogP contribution in [-0.2, 0) is 5.41 Å². The lowest BCUT2D eigenvalue weighted by molar-refractivity contribution is 0.723. The van der Waals surface area contributed by atoms with E-state index >= 15 is 0 Å². The van der Waals surface area contributed by atoms with Crippen LogP contribution in [0.15, 0.2) is 222 Å². The monoisotopic (exact) mass is 717 g/mol. The van der Waals surface area contributed by atoms with Crippen LogP contribution in [0.5, 0.6) is 0 Å². The van der Waals surface area contributed by atoms with Crippen molar-refractivity contribution in [2.45, 2.75) is 15.2 Å². The average molecular weight is 718 g/mol. The van der Waals surface area contributed by atoms with Crippen molar-refractivity contribution in [2.24, 2.45) is 0 Å². The Hall–Kier alpha value is -6.61. The zero-order chi connectivity index (χ0) is 36.3. The second-order valence-corrected chi connectivity index (χ2v) is 15.4. The van der Waals surface area contributed by atoms with Gasteiger partial charge in [0.25, 0.3) is 0 Å². The first-order valence-corrected chi connectivity index (χ1v) is 19.8. The van der Waals surface area contributed by atoms with Crippen LogP contribution in [0, 0.1) is 0 Å². The maximum absolute atomic E-state index is 2.49. The highest BCUT2D eigenvalue weighted by Gasteiger charge is 2.51. The van der Waals surface area contributed by atoms with Crippen LogP contribution in [0.4, 0.5) is 17.1 Å². The zero-order valence-corrected chi connectivity index (χ0v) is 30.9. The molecule has 0 bridgehead atoms. The van der Waals surface area contributed by atoms with E-state index in [0.717, 1.165) is 11.4 Å². The number of rotatable bonds is 5. The molecule has 1 nitrogen and oxygen atoms in total. The predicted octanol–water partition coefficient (Wildman–Crippen LogP) is 14.5. The highest BCUT2D eigenvalue weighted by atomic mass is 32.2. The van der Waals surface area contributed by atoms with Crippen LogP contribution in [-0.4, -0.2) is 0 Å². The maximum Gasteiger partial charge on any atom is 0.0736 e. The summed E-state index contributed by atoms with van der Waals surface area (Å²) in [7, 11) is 0. The van der Waals surface area contributed by atoms with Crippen LogP contribution < -0.4 is 4.90 Å². The Kier molecular flexibility index (Phi) is 7.40. The van der Waals surface area contributed by atoms with Gasteiger partial charge in [0.15, 0.2) is 0 Å². The van der Waals surface area contributed by atoms with E-state index in [0.29, 0.717) is 0 Å². The molecule has 0 aromatic heterocycles. The topological polar surface area (TPSA) is 3.24 Å². The molecule has 1 spiro atoms. The molecule has 0 fully saturated rings. The van der Waals surface area contributed by atoms with Gasteiger partial charge in [0, 0.05) is 21.0 Å². The molecule has 1 atom stereocenters. The third-order valence-electron chi connectivity index (χ3n) is 11.5. The molecule has 0 saturated heterocycles. The molecule has 1 aliphatic heterocycles. The van der Waals surface area contributed by atoms with Crippen molar-refractivity contribution in [1.29, 1.82) is 0 Å². The van der Waals surface area contributed by atoms with Gasteiger partial charge in [-0.2, -0.15) is 0 Å². The van der Waals surface area contributed by atoms with Crippen molar-refractivity contribution in [3.63, 3.8) is 0 Å². The van der Waals surface area contributed by atoms with Crippen LogP contribution in [0.2, 0.25) is 0 Å². The number of benzene rings is 9. The molecule has 0 amide bonds. The molecule has 0 radical (unpaired) electrons. The van der Waals surface area contributed by atoms with Crippen molar-refractivity contribution >= 4 is 39.6 Å². The minimum Gasteiger partial charge on any atom is -0.309 e. The van der Waals surface area contributed by atoms with Gasteiger partial charge < -0.3 is 4.90 Å². The Balaban J connectivity index is 1.21. The molecule has 9 aromatic rings. The smallest absolute Gasteiger partial charge is 0.0736 e. The predicted molar refractivity (Wildman–Crippen MR) is 231 cm³/mol. The molecule has 55 heavy (non-hydrogen) atoms. The minimum atomic E-state index is -0.495. The molecule has 1 unspecified atom stereocenters. The van der Waals surface area contributed by atoms with Crippen LogP contribution in [0.1, 0.15) is 22.3 Å².